The fourth-order valence-corrected chi connectivity index (χ4v) is 3.07. The third-order valence-corrected chi connectivity index (χ3v) is 4.95. The molecule has 2 unspecified atom stereocenters. The Morgan fingerprint density at radius 2 is 1.58 bits per heavy atom. The highest BCUT2D eigenvalue weighted by molar-refractivity contribution is 6.31. The average molecular weight is 373 g/mol. The van der Waals surface area contributed by atoms with Crippen molar-refractivity contribution >= 4 is 34.8 Å². The minimum Gasteiger partial charge on any atom is -0.454 e. The fraction of sp³-hybridized carbons (Fsp3) is 0.263. The van der Waals surface area contributed by atoms with Gasteiger partial charge in [-0.25, -0.2) is 0 Å². The van der Waals surface area contributed by atoms with E-state index in [-0.39, 0.29) is 30.4 Å². The van der Waals surface area contributed by atoms with Crippen molar-refractivity contribution in [3.63, 3.8) is 0 Å². The highest BCUT2D eigenvalue weighted by Gasteiger charge is 2.48. The highest BCUT2D eigenvalue weighted by atomic mass is 35.5. The van der Waals surface area contributed by atoms with Crippen molar-refractivity contribution < 1.29 is 19.1 Å². The van der Waals surface area contributed by atoms with Crippen LogP contribution in [0.2, 0.25) is 5.02 Å². The molecule has 2 N–H and O–H groups in total. The maximum absolute atomic E-state index is 12.4. The zero-order valence-corrected chi connectivity index (χ0v) is 14.8. The molecule has 2 atom stereocenters. The molecule has 6 nitrogen and oxygen atoms in total. The summed E-state index contributed by atoms with van der Waals surface area (Å²) >= 11 is 6.07. The van der Waals surface area contributed by atoms with Gasteiger partial charge in [-0.15, -0.1) is 0 Å². The maximum Gasteiger partial charge on any atom is 0.231 e. The van der Waals surface area contributed by atoms with Crippen LogP contribution in [0.25, 0.3) is 0 Å². The molecule has 2 aromatic carbocycles. The minimum atomic E-state index is -0.332. The summed E-state index contributed by atoms with van der Waals surface area (Å²) in [5.74, 6) is 0.250. The van der Waals surface area contributed by atoms with Crippen molar-refractivity contribution in [3.8, 4) is 11.5 Å². The molecular weight excluding hydrogens is 356 g/mol. The Kier molecular flexibility index (Phi) is 4.20. The number of anilines is 2. The number of fused-ring (bicyclic) bond motifs is 1. The van der Waals surface area contributed by atoms with Crippen LogP contribution in [0.5, 0.6) is 11.5 Å². The first kappa shape index (κ1) is 16.7. The number of rotatable bonds is 4. The van der Waals surface area contributed by atoms with E-state index in [2.05, 4.69) is 10.6 Å². The van der Waals surface area contributed by atoms with Gasteiger partial charge in [0, 0.05) is 22.5 Å². The largest absolute Gasteiger partial charge is 0.454 e. The molecule has 1 heterocycles. The smallest absolute Gasteiger partial charge is 0.231 e. The second kappa shape index (κ2) is 6.53. The summed E-state index contributed by atoms with van der Waals surface area (Å²) in [4.78, 5) is 24.7. The summed E-state index contributed by atoms with van der Waals surface area (Å²) in [6, 6.07) is 10.6. The van der Waals surface area contributed by atoms with Crippen LogP contribution in [0.4, 0.5) is 11.4 Å². The quantitative estimate of drug-likeness (QED) is 0.859. The number of benzene rings is 2. The molecule has 4 rings (SSSR count). The van der Waals surface area contributed by atoms with Gasteiger partial charge in [0.15, 0.2) is 11.5 Å². The van der Waals surface area contributed by atoms with Gasteiger partial charge in [0.25, 0.3) is 0 Å². The molecule has 1 aliphatic carbocycles. The van der Waals surface area contributed by atoms with Crippen molar-refractivity contribution in [1.82, 2.24) is 0 Å². The lowest BCUT2D eigenvalue weighted by molar-refractivity contribution is -0.122. The molecule has 134 valence electrons. The van der Waals surface area contributed by atoms with Crippen LogP contribution in [-0.4, -0.2) is 18.6 Å². The van der Waals surface area contributed by atoms with E-state index < -0.39 is 0 Å². The molecular formula is C19H17ClN2O4. The van der Waals surface area contributed by atoms with E-state index in [1.807, 2.05) is 13.0 Å². The van der Waals surface area contributed by atoms with Gasteiger partial charge in [0.05, 0.1) is 11.8 Å². The van der Waals surface area contributed by atoms with Crippen molar-refractivity contribution in [2.75, 3.05) is 17.4 Å². The SMILES string of the molecule is Cc1ccc(NC(=O)C2CC2C(=O)Nc2ccc3c(c2)OCO3)cc1Cl. The topological polar surface area (TPSA) is 76.7 Å². The van der Waals surface area contributed by atoms with Gasteiger partial charge in [-0.05, 0) is 43.2 Å². The van der Waals surface area contributed by atoms with E-state index in [1.165, 1.54) is 0 Å². The summed E-state index contributed by atoms with van der Waals surface area (Å²) in [5.41, 5.74) is 2.19. The Labute approximate surface area is 155 Å². The molecule has 1 fully saturated rings. The number of aryl methyl sites for hydroxylation is 1. The van der Waals surface area contributed by atoms with Gasteiger partial charge in [-0.2, -0.15) is 0 Å². The molecule has 7 heteroatoms. The number of carbonyl (C=O) groups is 2. The van der Waals surface area contributed by atoms with E-state index in [9.17, 15) is 9.59 Å². The lowest BCUT2D eigenvalue weighted by Gasteiger charge is -2.08. The number of hydrogen-bond acceptors (Lipinski definition) is 4. The van der Waals surface area contributed by atoms with Gasteiger partial charge in [-0.3, -0.25) is 9.59 Å². The Hall–Kier alpha value is -2.73. The van der Waals surface area contributed by atoms with E-state index in [0.29, 0.717) is 34.3 Å². The number of hydrogen-bond donors (Lipinski definition) is 2. The van der Waals surface area contributed by atoms with Gasteiger partial charge in [0.2, 0.25) is 18.6 Å². The number of halogens is 1. The van der Waals surface area contributed by atoms with Gasteiger partial charge in [0.1, 0.15) is 0 Å². The zero-order chi connectivity index (χ0) is 18.3. The second-order valence-corrected chi connectivity index (χ2v) is 6.87. The van der Waals surface area contributed by atoms with Gasteiger partial charge < -0.3 is 20.1 Å². The van der Waals surface area contributed by atoms with Crippen molar-refractivity contribution in [3.05, 3.63) is 47.0 Å². The van der Waals surface area contributed by atoms with E-state index >= 15 is 0 Å². The maximum atomic E-state index is 12.4. The summed E-state index contributed by atoms with van der Waals surface area (Å²) in [5, 5.41) is 6.23. The first-order valence-electron chi connectivity index (χ1n) is 8.29. The van der Waals surface area contributed by atoms with Crippen LogP contribution in [0.15, 0.2) is 36.4 Å². The standard InChI is InChI=1S/C19H17ClN2O4/c1-10-2-3-11(6-15(10)20)21-18(23)13-8-14(13)19(24)22-12-4-5-16-17(7-12)26-9-25-16/h2-7,13-14H,8-9H2,1H3,(H,21,23)(H,22,24). The van der Waals surface area contributed by atoms with Crippen molar-refractivity contribution in [1.29, 1.82) is 0 Å². The van der Waals surface area contributed by atoms with Gasteiger partial charge in [-0.1, -0.05) is 17.7 Å². The molecule has 0 saturated heterocycles. The molecule has 0 radical (unpaired) electrons. The van der Waals surface area contributed by atoms with Crippen LogP contribution >= 0.6 is 11.6 Å². The van der Waals surface area contributed by atoms with E-state index in [0.717, 1.165) is 5.56 Å². The van der Waals surface area contributed by atoms with Gasteiger partial charge >= 0.3 is 0 Å². The Bertz CT molecular complexity index is 899. The summed E-state index contributed by atoms with van der Waals surface area (Å²) < 4.78 is 10.5. The lowest BCUT2D eigenvalue weighted by Crippen LogP contribution is -2.20. The molecule has 1 saturated carbocycles. The molecule has 0 spiro atoms. The Morgan fingerprint density at radius 1 is 0.962 bits per heavy atom. The predicted molar refractivity (Wildman–Crippen MR) is 97.6 cm³/mol. The van der Waals surface area contributed by atoms with Crippen LogP contribution in [0.3, 0.4) is 0 Å². The summed E-state index contributed by atoms with van der Waals surface area (Å²) in [7, 11) is 0. The van der Waals surface area contributed by atoms with E-state index in [4.69, 9.17) is 21.1 Å². The van der Waals surface area contributed by atoms with Crippen molar-refractivity contribution in [2.24, 2.45) is 11.8 Å². The van der Waals surface area contributed by atoms with Crippen LogP contribution in [-0.2, 0) is 9.59 Å². The molecule has 1 aliphatic heterocycles. The Balaban J connectivity index is 1.34. The molecule has 2 amide bonds. The number of ether oxygens (including phenoxy) is 2. The number of amides is 2. The van der Waals surface area contributed by atoms with Crippen molar-refractivity contribution in [2.45, 2.75) is 13.3 Å². The third kappa shape index (κ3) is 3.32. The molecule has 26 heavy (non-hydrogen) atoms. The first-order valence-corrected chi connectivity index (χ1v) is 8.66. The second-order valence-electron chi connectivity index (χ2n) is 6.46. The molecule has 0 aromatic heterocycles. The summed E-state index contributed by atoms with van der Waals surface area (Å²) in [6.07, 6.45) is 0.530. The fourth-order valence-electron chi connectivity index (χ4n) is 2.89. The zero-order valence-electron chi connectivity index (χ0n) is 14.0. The predicted octanol–water partition coefficient (Wildman–Crippen LogP) is 3.59. The normalized spacial score (nSPS) is 19.8. The number of nitrogens with one attached hydrogen (secondary N) is 2. The monoisotopic (exact) mass is 372 g/mol. The summed E-state index contributed by atoms with van der Waals surface area (Å²) in [6.45, 7) is 2.08. The molecule has 0 bridgehead atoms. The van der Waals surface area contributed by atoms with Crippen LogP contribution in [0.1, 0.15) is 12.0 Å². The Morgan fingerprint density at radius 3 is 2.27 bits per heavy atom. The lowest BCUT2D eigenvalue weighted by atomic mass is 10.2. The third-order valence-electron chi connectivity index (χ3n) is 4.54. The average Bonchev–Trinajstić information content (AvgIpc) is 3.29. The van der Waals surface area contributed by atoms with E-state index in [1.54, 1.807) is 30.3 Å². The first-order chi connectivity index (χ1) is 12.5. The van der Waals surface area contributed by atoms with Crippen LogP contribution < -0.4 is 20.1 Å². The molecule has 2 aromatic rings. The minimum absolute atomic E-state index is 0.171. The van der Waals surface area contributed by atoms with Crippen LogP contribution in [0, 0.1) is 18.8 Å². The number of carbonyl (C=O) groups excluding carboxylic acids is 2. The molecule has 2 aliphatic rings. The highest BCUT2D eigenvalue weighted by Crippen LogP contribution is 2.41.